The summed E-state index contributed by atoms with van der Waals surface area (Å²) in [5.41, 5.74) is 0.0975. The zero-order chi connectivity index (χ0) is 73.1. The van der Waals surface area contributed by atoms with Crippen LogP contribution in [0.25, 0.3) is 0 Å². The zero-order valence-corrected chi connectivity index (χ0v) is 57.7. The summed E-state index contributed by atoms with van der Waals surface area (Å²) in [5.74, 6) is -7.95. The Morgan fingerprint density at radius 3 is 0.760 bits per heavy atom. The highest BCUT2D eigenvalue weighted by Gasteiger charge is 2.58. The lowest BCUT2D eigenvalue weighted by molar-refractivity contribution is -0.339. The van der Waals surface area contributed by atoms with E-state index in [9.17, 15) is 48.6 Å². The van der Waals surface area contributed by atoms with Crippen molar-refractivity contribution >= 4 is 55.8 Å². The lowest BCUT2D eigenvalue weighted by Gasteiger charge is -2.47. The molecule has 11 rings (SSSR count). The number of benzene rings is 8. The van der Waals surface area contributed by atoms with Gasteiger partial charge >= 0.3 is 47.8 Å². The number of hydrogen-bond acceptors (Lipinski definition) is 24. The molecule has 0 aromatic heterocycles. The van der Waals surface area contributed by atoms with Gasteiger partial charge in [-0.25, -0.2) is 38.4 Å². The third-order valence-electron chi connectivity index (χ3n) is 17.0. The minimum atomic E-state index is -2.05. The maximum atomic E-state index is 14.9. The summed E-state index contributed by atoms with van der Waals surface area (Å²) in [6, 6.07) is 62.3. The standard InChI is InChI=1S/C79H76O24Si/c1-104(2,3)45-44-90-77-67(102-75(88)55-40-24-10-25-41-55)64(99-72(85)52-34-18-7-19-35-52)61(96-69(82)49-28-12-4-13-29-49)58(94-77)47-92-79-68(103-76(89)56-42-26-11-27-43-56)65(100-73(86)53-36-20-8-21-37-53)62(97-70(83)50-30-14-5-15-31-50)59(95-79)48-91-78-66(101-74(87)54-38-22-9-23-39-54)63(60(81)57(46-80)93-78)98-71(84)51-32-16-6-17-33-51/h4-43,57-68,77-81H,44-48H2,1-3H3/t57-,58-,59-,60+,61+,62+,63+,64+,65+,66-,67-,68-,77-,78+,79-/m1/s1. The molecule has 0 amide bonds. The third kappa shape index (κ3) is 19.4. The van der Waals surface area contributed by atoms with E-state index in [0.29, 0.717) is 6.04 Å². The molecule has 3 saturated heterocycles. The topological polar surface area (TPSA) is 306 Å². The van der Waals surface area contributed by atoms with Gasteiger partial charge in [-0.1, -0.05) is 165 Å². The van der Waals surface area contributed by atoms with Crippen molar-refractivity contribution in [3.63, 3.8) is 0 Å². The van der Waals surface area contributed by atoms with E-state index < -0.39 is 168 Å². The Balaban J connectivity index is 1.04. The molecule has 15 atom stereocenters. The number of hydrogen-bond donors (Lipinski definition) is 2. The maximum Gasteiger partial charge on any atom is 0.338 e. The van der Waals surface area contributed by atoms with E-state index in [4.69, 9.17) is 66.3 Å². The SMILES string of the molecule is C[Si](C)(C)CCO[C@@H]1O[C@H](CO[C@@H]2O[C@H](CO[C@H]3O[C@H](CO)[C@H](O)[C@H](OC(=O)c4ccccc4)[C@H]3OC(=O)c3ccccc3)[C@H](OC(=O)c3ccccc3)[C@H](OC(=O)c3ccccc3)[C@H]2OC(=O)c2ccccc2)[C@H](OC(=O)c2ccccc2)[C@H](OC(=O)c2ccccc2)[C@H]1OC(=O)c1ccccc1. The molecule has 2 N–H and O–H groups in total. The van der Waals surface area contributed by atoms with Crippen LogP contribution in [-0.2, 0) is 66.3 Å². The molecule has 3 aliphatic rings. The molecule has 3 aliphatic heterocycles. The van der Waals surface area contributed by atoms with Crippen LogP contribution in [0.3, 0.4) is 0 Å². The Hall–Kier alpha value is -10.6. The normalized spacial score (nSPS) is 24.4. The van der Waals surface area contributed by atoms with Crippen molar-refractivity contribution in [2.24, 2.45) is 0 Å². The molecule has 0 radical (unpaired) electrons. The molecule has 104 heavy (non-hydrogen) atoms. The lowest BCUT2D eigenvalue weighted by atomic mass is 9.96. The smallest absolute Gasteiger partial charge is 0.338 e. The predicted octanol–water partition coefficient (Wildman–Crippen LogP) is 9.71. The van der Waals surface area contributed by atoms with Crippen molar-refractivity contribution in [3.8, 4) is 0 Å². The largest absolute Gasteiger partial charge is 0.452 e. The fourth-order valence-corrected chi connectivity index (χ4v) is 12.3. The van der Waals surface area contributed by atoms with E-state index in [1.54, 1.807) is 146 Å². The minimum absolute atomic E-state index is 0.00804. The highest BCUT2D eigenvalue weighted by molar-refractivity contribution is 6.76. The fourth-order valence-electron chi connectivity index (χ4n) is 11.5. The first-order valence-electron chi connectivity index (χ1n) is 33.6. The average Bonchev–Trinajstić information content (AvgIpc) is 0.774. The number of aliphatic hydroxyl groups excluding tert-OH is 2. The summed E-state index contributed by atoms with van der Waals surface area (Å²) in [4.78, 5) is 116. The van der Waals surface area contributed by atoms with Crippen LogP contribution in [0.5, 0.6) is 0 Å². The molecule has 0 unspecified atom stereocenters. The number of carbonyl (C=O) groups excluding carboxylic acids is 8. The van der Waals surface area contributed by atoms with Crippen molar-refractivity contribution in [1.82, 2.24) is 0 Å². The van der Waals surface area contributed by atoms with Gasteiger partial charge in [-0.15, -0.1) is 0 Å². The monoisotopic (exact) mass is 1440 g/mol. The van der Waals surface area contributed by atoms with Crippen molar-refractivity contribution in [2.45, 2.75) is 118 Å². The van der Waals surface area contributed by atoms with Gasteiger partial charge in [-0.05, 0) is 103 Å². The van der Waals surface area contributed by atoms with Gasteiger partial charge in [0.15, 0.2) is 67.7 Å². The first-order chi connectivity index (χ1) is 50.4. The summed E-state index contributed by atoms with van der Waals surface area (Å²) < 4.78 is 90.2. The van der Waals surface area contributed by atoms with Gasteiger partial charge in [0.2, 0.25) is 0 Å². The number of aliphatic hydroxyl groups is 2. The molecular formula is C79H76O24Si. The molecule has 8 aromatic rings. The number of esters is 8. The quantitative estimate of drug-likeness (QED) is 0.0275. The number of ether oxygens (including phenoxy) is 14. The molecule has 24 nitrogen and oxygen atoms in total. The number of carbonyl (C=O) groups is 8. The summed E-state index contributed by atoms with van der Waals surface area (Å²) >= 11 is 0. The van der Waals surface area contributed by atoms with E-state index in [1.807, 2.05) is 0 Å². The summed E-state index contributed by atoms with van der Waals surface area (Å²) in [7, 11) is -1.94. The van der Waals surface area contributed by atoms with E-state index in [-0.39, 0.29) is 51.1 Å². The lowest BCUT2D eigenvalue weighted by Crippen LogP contribution is -2.65. The molecule has 0 saturated carbocycles. The van der Waals surface area contributed by atoms with Crippen molar-refractivity contribution in [2.75, 3.05) is 26.4 Å². The molecule has 0 bridgehead atoms. The van der Waals surface area contributed by atoms with Gasteiger partial charge in [0, 0.05) is 14.7 Å². The first kappa shape index (κ1) is 74.6. The Morgan fingerprint density at radius 2 is 0.510 bits per heavy atom. The van der Waals surface area contributed by atoms with Crippen LogP contribution in [0.15, 0.2) is 243 Å². The van der Waals surface area contributed by atoms with Gasteiger partial charge in [0.1, 0.15) is 24.4 Å². The highest BCUT2D eigenvalue weighted by atomic mass is 28.3. The molecular weight excluding hydrogens is 1360 g/mol. The maximum absolute atomic E-state index is 14.9. The average molecular weight is 1440 g/mol. The van der Waals surface area contributed by atoms with Crippen LogP contribution in [-0.4, -0.2) is 185 Å². The van der Waals surface area contributed by atoms with Crippen LogP contribution < -0.4 is 0 Å². The molecule has 0 spiro atoms. The van der Waals surface area contributed by atoms with Crippen molar-refractivity contribution < 1.29 is 115 Å². The summed E-state index contributed by atoms with van der Waals surface area (Å²) in [5, 5.41) is 22.7. The van der Waals surface area contributed by atoms with Crippen LogP contribution in [0.2, 0.25) is 25.7 Å². The van der Waals surface area contributed by atoms with Gasteiger partial charge in [0.05, 0.1) is 64.3 Å². The second kappa shape index (κ2) is 35.5. The van der Waals surface area contributed by atoms with Gasteiger partial charge in [-0.3, -0.25) is 0 Å². The van der Waals surface area contributed by atoms with E-state index in [0.717, 1.165) is 0 Å². The Morgan fingerprint density at radius 1 is 0.298 bits per heavy atom. The van der Waals surface area contributed by atoms with Crippen LogP contribution >= 0.6 is 0 Å². The van der Waals surface area contributed by atoms with Crippen LogP contribution in [0.1, 0.15) is 82.9 Å². The van der Waals surface area contributed by atoms with Crippen LogP contribution in [0, 0.1) is 0 Å². The first-order valence-corrected chi connectivity index (χ1v) is 37.3. The van der Waals surface area contributed by atoms with Crippen LogP contribution in [0.4, 0.5) is 0 Å². The Bertz CT molecular complexity index is 4140. The molecule has 25 heteroatoms. The zero-order valence-electron chi connectivity index (χ0n) is 56.7. The van der Waals surface area contributed by atoms with Crippen molar-refractivity contribution in [3.05, 3.63) is 287 Å². The molecule has 8 aromatic carbocycles. The Kier molecular flexibility index (Phi) is 25.5. The van der Waals surface area contributed by atoms with Gasteiger partial charge in [0.25, 0.3) is 0 Å². The third-order valence-corrected chi connectivity index (χ3v) is 18.7. The molecule has 540 valence electrons. The molecule has 3 heterocycles. The second-order valence-electron chi connectivity index (χ2n) is 25.5. The van der Waals surface area contributed by atoms with Gasteiger partial charge in [-0.2, -0.15) is 0 Å². The molecule has 3 fully saturated rings. The Labute approximate surface area is 599 Å². The summed E-state index contributed by atoms with van der Waals surface area (Å²) in [6.45, 7) is 3.67. The van der Waals surface area contributed by atoms with Gasteiger partial charge < -0.3 is 76.5 Å². The van der Waals surface area contributed by atoms with E-state index >= 15 is 0 Å². The molecule has 0 aliphatic carbocycles. The van der Waals surface area contributed by atoms with E-state index in [2.05, 4.69) is 19.6 Å². The fraction of sp³-hybridized carbons (Fsp3) is 0.291. The van der Waals surface area contributed by atoms with E-state index in [1.165, 1.54) is 97.1 Å². The highest BCUT2D eigenvalue weighted by Crippen LogP contribution is 2.37. The summed E-state index contributed by atoms with van der Waals surface area (Å²) in [6.07, 6.45) is -27.6. The minimum Gasteiger partial charge on any atom is -0.452 e. The second-order valence-corrected chi connectivity index (χ2v) is 31.2. The van der Waals surface area contributed by atoms with Crippen molar-refractivity contribution in [1.29, 1.82) is 0 Å². The number of rotatable bonds is 27. The predicted molar refractivity (Wildman–Crippen MR) is 370 cm³/mol.